The Morgan fingerprint density at radius 2 is 1.00 bits per heavy atom. The number of hydrogen-bond acceptors (Lipinski definition) is 21. The first-order valence-electron chi connectivity index (χ1n) is 32.0. The highest BCUT2D eigenvalue weighted by atomic mass is 32.1. The molecule has 1 fully saturated rings. The van der Waals surface area contributed by atoms with Crippen molar-refractivity contribution in [2.75, 3.05) is 18.1 Å². The van der Waals surface area contributed by atoms with Crippen LogP contribution in [0.3, 0.4) is 0 Å². The number of aromatic hydroxyl groups is 3. The van der Waals surface area contributed by atoms with Crippen molar-refractivity contribution in [3.8, 4) is 17.2 Å². The number of hydrogen-bond donors (Lipinski definition) is 20. The predicted octanol–water partition coefficient (Wildman–Crippen LogP) is -2.57. The monoisotopic (exact) mass is 1440 g/mol. The summed E-state index contributed by atoms with van der Waals surface area (Å²) < 4.78 is 0. The maximum atomic E-state index is 14.6. The minimum atomic E-state index is -2.02. The summed E-state index contributed by atoms with van der Waals surface area (Å²) in [5, 5.41) is 92.3. The number of aliphatic hydroxyl groups excluding tert-OH is 1. The van der Waals surface area contributed by atoms with Crippen LogP contribution in [0.15, 0.2) is 66.7 Å². The molecule has 1 aliphatic heterocycles. The molecule has 0 radical (unpaired) electrons. The highest BCUT2D eigenvalue weighted by molar-refractivity contribution is 7.80. The number of rotatable bonds is 40. The molecule has 11 amide bonds. The van der Waals surface area contributed by atoms with Crippen molar-refractivity contribution in [2.45, 2.75) is 178 Å². The summed E-state index contributed by atoms with van der Waals surface area (Å²) in [5.74, 6) is -18.0. The second-order valence-corrected chi connectivity index (χ2v) is 25.5. The van der Waals surface area contributed by atoms with Gasteiger partial charge in [0.05, 0.1) is 18.6 Å². The number of aliphatic carboxylic acids is 3. The molecule has 20 N–H and O–H groups in total. The van der Waals surface area contributed by atoms with Gasteiger partial charge in [0.1, 0.15) is 77.7 Å². The first kappa shape index (κ1) is 82.7. The van der Waals surface area contributed by atoms with E-state index in [9.17, 15) is 103 Å². The van der Waals surface area contributed by atoms with E-state index in [0.717, 1.165) is 4.90 Å². The average Bonchev–Trinajstić information content (AvgIpc) is 1.61. The summed E-state index contributed by atoms with van der Waals surface area (Å²) in [6.07, 6.45) is -5.48. The average molecular weight is 1440 g/mol. The number of amides is 11. The van der Waals surface area contributed by atoms with Gasteiger partial charge >= 0.3 is 17.9 Å². The van der Waals surface area contributed by atoms with Crippen LogP contribution in [0.4, 0.5) is 0 Å². The number of aliphatic hydroxyl groups is 1. The van der Waals surface area contributed by atoms with Gasteiger partial charge in [-0.25, -0.2) is 4.79 Å². The largest absolute Gasteiger partial charge is 0.508 e. The van der Waals surface area contributed by atoms with Gasteiger partial charge in [-0.3, -0.25) is 62.3 Å². The Hall–Kier alpha value is -9.74. The van der Waals surface area contributed by atoms with Crippen LogP contribution in [-0.4, -0.2) is 214 Å². The summed E-state index contributed by atoms with van der Waals surface area (Å²) in [6, 6.07) is -2.17. The molecule has 548 valence electrons. The molecule has 1 unspecified atom stereocenters. The Morgan fingerprint density at radius 1 is 0.540 bits per heavy atom. The van der Waals surface area contributed by atoms with Crippen LogP contribution in [0.2, 0.25) is 0 Å². The molecular weight excluding hydrogens is 1350 g/mol. The number of primary amides is 1. The maximum absolute atomic E-state index is 14.6. The van der Waals surface area contributed by atoms with Gasteiger partial charge in [0, 0.05) is 50.2 Å². The molecule has 35 heteroatoms. The molecule has 0 aliphatic carbocycles. The van der Waals surface area contributed by atoms with Crippen LogP contribution in [0.1, 0.15) is 101 Å². The summed E-state index contributed by atoms with van der Waals surface area (Å²) in [5.41, 5.74) is 12.9. The number of phenols is 3. The molecule has 0 aromatic heterocycles. The summed E-state index contributed by atoms with van der Waals surface area (Å²) >= 11 is 8.51. The molecule has 0 spiro atoms. The molecule has 0 saturated carbocycles. The van der Waals surface area contributed by atoms with E-state index in [1.807, 2.05) is 0 Å². The smallest absolute Gasteiger partial charge is 0.326 e. The first-order chi connectivity index (χ1) is 47.0. The predicted molar refractivity (Wildman–Crippen MR) is 363 cm³/mol. The van der Waals surface area contributed by atoms with Crippen molar-refractivity contribution in [3.63, 3.8) is 0 Å². The second kappa shape index (κ2) is 39.7. The van der Waals surface area contributed by atoms with Gasteiger partial charge in [-0.15, -0.1) is 0 Å². The van der Waals surface area contributed by atoms with Gasteiger partial charge in [0.2, 0.25) is 65.0 Å². The van der Waals surface area contributed by atoms with E-state index < -0.39 is 224 Å². The Labute approximate surface area is 586 Å². The fourth-order valence-corrected chi connectivity index (χ4v) is 11.0. The minimum Gasteiger partial charge on any atom is -0.508 e. The lowest BCUT2D eigenvalue weighted by molar-refractivity contribution is -0.143. The van der Waals surface area contributed by atoms with E-state index in [4.69, 9.17) is 11.5 Å². The van der Waals surface area contributed by atoms with Gasteiger partial charge in [-0.2, -0.15) is 25.3 Å². The highest BCUT2D eigenvalue weighted by Gasteiger charge is 2.44. The lowest BCUT2D eigenvalue weighted by Crippen LogP contribution is -2.61. The van der Waals surface area contributed by atoms with E-state index in [-0.39, 0.29) is 49.4 Å². The number of aryl methyl sites for hydroxylation is 1. The van der Waals surface area contributed by atoms with Gasteiger partial charge in [0.15, 0.2) is 0 Å². The van der Waals surface area contributed by atoms with E-state index >= 15 is 0 Å². The second-order valence-electron chi connectivity index (χ2n) is 24.8. The molecule has 1 saturated heterocycles. The third kappa shape index (κ3) is 26.5. The van der Waals surface area contributed by atoms with E-state index in [1.54, 1.807) is 27.7 Å². The SMILES string of the molecule is CC[C@H](C)[C@H](NC(=O)[C@H](Cc1ccc(O)cc1)NC(=O)[C@H](CS)NC(=O)[C@H](CC(C)C)NC(=O)[C@H](CC(=O)O)NC(=O)[C@H](Cc1ccc(O)c(C)c1)NC(=O)[C@@H]1CC(O)CN1C(=O)[C@H](CS)NC(=O)[C@@H](CCC(=O)O)NC(=O)[C@@H](N)Cc1ccc(O)cc1)C(=O)N[C@@H](CCC(N)=O)C(=O)O. The standard InChI is InChI=1S/C65H90N12O21S2/c1-6-32(4)54(63(95)69-42(65(97)98)16-19-51(67)82)76-60(92)44(24-35-9-14-38(79)15-10-35)71-61(93)47(29-99)74-57(89)43(21-31(2)3)70-59(91)46(27-53(85)86)72-58(90)45(25-36-11-18-50(81)33(5)22-36)73-62(94)49-26-39(80)28-77(49)64(96)48(30-100)75-56(88)41(17-20-52(83)84)68-55(87)40(66)23-34-7-12-37(78)13-8-34/h7-15,18,22,31-32,39-49,54,78-81,99-100H,6,16-17,19-21,23-30,66H2,1-5H3,(H2,67,82)(H,68,87)(H,69,95)(H,70,91)(H,71,93)(H,72,90)(H,73,94)(H,74,89)(H,75,88)(H,76,92)(H,83,84)(H,85,86)(H,97,98)/t32-,39?,40-,41+,42-,43-,44-,45-,46-,47-,48-,49-,54-/m0/s1. The maximum Gasteiger partial charge on any atom is 0.326 e. The number of phenolic OH excluding ortho intramolecular Hbond substituents is 3. The van der Waals surface area contributed by atoms with Crippen LogP contribution < -0.4 is 59.3 Å². The number of nitrogens with zero attached hydrogens (tertiary/aromatic N) is 1. The fourth-order valence-electron chi connectivity index (χ4n) is 10.5. The molecule has 3 aromatic carbocycles. The molecule has 13 atom stereocenters. The van der Waals surface area contributed by atoms with Crippen LogP contribution in [0.5, 0.6) is 17.2 Å². The van der Waals surface area contributed by atoms with Gasteiger partial charge < -0.3 is 100.0 Å². The van der Waals surface area contributed by atoms with Crippen LogP contribution >= 0.6 is 25.3 Å². The number of carbonyl (C=O) groups is 14. The summed E-state index contributed by atoms with van der Waals surface area (Å²) in [6.45, 7) is 7.60. The third-order valence-corrected chi connectivity index (χ3v) is 17.0. The molecular formula is C65H90N12O21S2. The Morgan fingerprint density at radius 3 is 1.54 bits per heavy atom. The van der Waals surface area contributed by atoms with Gasteiger partial charge in [-0.05, 0) is 97.0 Å². The lowest BCUT2D eigenvalue weighted by atomic mass is 9.96. The van der Waals surface area contributed by atoms with E-state index in [0.29, 0.717) is 22.3 Å². The van der Waals surface area contributed by atoms with Crippen molar-refractivity contribution >= 4 is 108 Å². The summed E-state index contributed by atoms with van der Waals surface area (Å²) in [7, 11) is 0. The van der Waals surface area contributed by atoms with Crippen molar-refractivity contribution in [1.29, 1.82) is 0 Å². The van der Waals surface area contributed by atoms with Crippen LogP contribution in [-0.2, 0) is 86.4 Å². The normalized spacial score (nSPS) is 16.7. The van der Waals surface area contributed by atoms with E-state index in [1.165, 1.54) is 73.7 Å². The molecule has 3 aromatic rings. The zero-order chi connectivity index (χ0) is 74.8. The van der Waals surface area contributed by atoms with Gasteiger partial charge in [-0.1, -0.05) is 70.5 Å². The van der Waals surface area contributed by atoms with Crippen molar-refractivity contribution in [2.24, 2.45) is 23.3 Å². The quantitative estimate of drug-likeness (QED) is 0.0260. The number of likely N-dealkylation sites (tertiary alicyclic amines) is 1. The molecule has 0 bridgehead atoms. The van der Waals surface area contributed by atoms with Crippen LogP contribution in [0.25, 0.3) is 0 Å². The van der Waals surface area contributed by atoms with Crippen molar-refractivity contribution < 1.29 is 103 Å². The van der Waals surface area contributed by atoms with Crippen molar-refractivity contribution in [3.05, 3.63) is 89.0 Å². The van der Waals surface area contributed by atoms with Crippen molar-refractivity contribution in [1.82, 2.24) is 52.8 Å². The number of nitrogens with two attached hydrogens (primary N) is 2. The Kier molecular flexibility index (Phi) is 32.9. The lowest BCUT2D eigenvalue weighted by Gasteiger charge is -2.30. The molecule has 33 nitrogen and oxygen atoms in total. The Bertz CT molecular complexity index is 3420. The first-order valence-corrected chi connectivity index (χ1v) is 33.3. The molecule has 1 aliphatic rings. The molecule has 4 rings (SSSR count). The van der Waals surface area contributed by atoms with E-state index in [2.05, 4.69) is 73.1 Å². The highest BCUT2D eigenvalue weighted by Crippen LogP contribution is 2.23. The topological polar surface area (TPSA) is 544 Å². The third-order valence-electron chi connectivity index (χ3n) is 16.3. The van der Waals surface area contributed by atoms with Gasteiger partial charge in [0.25, 0.3) is 0 Å². The van der Waals surface area contributed by atoms with Crippen LogP contribution in [0, 0.1) is 18.8 Å². The Balaban J connectivity index is 1.59. The number of benzene rings is 3. The zero-order valence-electron chi connectivity index (χ0n) is 55.7. The number of carboxylic acid groups (broad SMARTS) is 3. The number of carboxylic acids is 3. The summed E-state index contributed by atoms with van der Waals surface area (Å²) in [4.78, 5) is 190. The fraction of sp³-hybridized carbons (Fsp3) is 0.508. The zero-order valence-corrected chi connectivity index (χ0v) is 57.5. The molecule has 1 heterocycles. The minimum absolute atomic E-state index is 0.0468. The molecule has 100 heavy (non-hydrogen) atoms. The number of nitrogens with one attached hydrogen (secondary N) is 9. The number of β-amino-alcohol motifs (C(OH)–C–C–N with tert-alkyl or cyclic N) is 1. The number of carbonyl (C=O) groups excluding carboxylic acids is 11. The number of thiol groups is 2.